The molecule has 0 aliphatic heterocycles. The lowest BCUT2D eigenvalue weighted by atomic mass is 9.89. The maximum absolute atomic E-state index is 13.2. The van der Waals surface area contributed by atoms with Crippen molar-refractivity contribution in [2.75, 3.05) is 14.2 Å². The van der Waals surface area contributed by atoms with Gasteiger partial charge in [-0.1, -0.05) is 85.0 Å². The fourth-order valence-corrected chi connectivity index (χ4v) is 3.43. The maximum Gasteiger partial charge on any atom is 0.314 e. The summed E-state index contributed by atoms with van der Waals surface area (Å²) in [5.41, 5.74) is 1.61. The molecule has 38 heavy (non-hydrogen) atoms. The predicted octanol–water partition coefficient (Wildman–Crippen LogP) is 4.44. The van der Waals surface area contributed by atoms with Gasteiger partial charge in [-0.3, -0.25) is 19.2 Å². The summed E-state index contributed by atoms with van der Waals surface area (Å²) in [6.07, 6.45) is 5.83. The van der Waals surface area contributed by atoms with E-state index >= 15 is 0 Å². The van der Waals surface area contributed by atoms with E-state index in [1.54, 1.807) is 26.0 Å². The Morgan fingerprint density at radius 2 is 0.974 bits per heavy atom. The van der Waals surface area contributed by atoms with Crippen molar-refractivity contribution in [3.05, 3.63) is 96.1 Å². The first-order valence-corrected chi connectivity index (χ1v) is 12.2. The van der Waals surface area contributed by atoms with Gasteiger partial charge in [0.1, 0.15) is 13.2 Å². The maximum atomic E-state index is 13.2. The summed E-state index contributed by atoms with van der Waals surface area (Å²) in [7, 11) is 2.46. The summed E-state index contributed by atoms with van der Waals surface area (Å²) in [5, 5.41) is 0. The van der Waals surface area contributed by atoms with Crippen molar-refractivity contribution in [3.63, 3.8) is 0 Å². The third-order valence-corrected chi connectivity index (χ3v) is 5.74. The number of rotatable bonds is 13. The molecule has 0 saturated heterocycles. The molecule has 4 atom stereocenters. The number of benzene rings is 2. The second-order valence-corrected chi connectivity index (χ2v) is 8.63. The third-order valence-electron chi connectivity index (χ3n) is 5.74. The quantitative estimate of drug-likeness (QED) is 0.216. The number of hydrogen-bond donors (Lipinski definition) is 0. The lowest BCUT2D eigenvalue weighted by Gasteiger charge is -2.20. The molecule has 2 aromatic carbocycles. The second kappa shape index (κ2) is 15.8. The smallest absolute Gasteiger partial charge is 0.314 e. The summed E-state index contributed by atoms with van der Waals surface area (Å²) in [6.45, 7) is 3.33. The van der Waals surface area contributed by atoms with E-state index in [1.165, 1.54) is 38.5 Å². The van der Waals surface area contributed by atoms with Gasteiger partial charge in [-0.15, -0.1) is 0 Å². The molecule has 0 aliphatic rings. The first-order chi connectivity index (χ1) is 18.3. The number of esters is 4. The first kappa shape index (κ1) is 30.0. The zero-order valence-electron chi connectivity index (χ0n) is 22.1. The monoisotopic (exact) mass is 522 g/mol. The van der Waals surface area contributed by atoms with Crippen LogP contribution in [0.3, 0.4) is 0 Å². The van der Waals surface area contributed by atoms with Crippen molar-refractivity contribution in [1.82, 2.24) is 0 Å². The van der Waals surface area contributed by atoms with Crippen LogP contribution in [0.5, 0.6) is 0 Å². The standard InChI is InChI=1S/C30H34O8/c1-21(27(31)35-3)15-17-25(29(33)36-4)26(30(34)38-20-24-13-9-6-10-14-24)18-16-22(2)28(32)37-19-23-11-7-5-8-12-23/h5-18,21-22,25-26H,19-20H2,1-4H3/b17-15+,18-16+. The van der Waals surface area contributed by atoms with Gasteiger partial charge in [0.2, 0.25) is 0 Å². The van der Waals surface area contributed by atoms with E-state index in [0.29, 0.717) is 0 Å². The average molecular weight is 523 g/mol. The van der Waals surface area contributed by atoms with Crippen molar-refractivity contribution < 1.29 is 38.1 Å². The Balaban J connectivity index is 2.24. The van der Waals surface area contributed by atoms with Crippen LogP contribution in [0.1, 0.15) is 25.0 Å². The topological polar surface area (TPSA) is 105 Å². The second-order valence-electron chi connectivity index (χ2n) is 8.63. The summed E-state index contributed by atoms with van der Waals surface area (Å²) in [5.74, 6) is -6.01. The van der Waals surface area contributed by atoms with Crippen LogP contribution in [0.4, 0.5) is 0 Å². The highest BCUT2D eigenvalue weighted by Crippen LogP contribution is 2.22. The minimum absolute atomic E-state index is 0.00510. The lowest BCUT2D eigenvalue weighted by molar-refractivity contribution is -0.156. The molecule has 0 bridgehead atoms. The Morgan fingerprint density at radius 1 is 0.579 bits per heavy atom. The van der Waals surface area contributed by atoms with E-state index in [2.05, 4.69) is 0 Å². The molecular formula is C30H34O8. The van der Waals surface area contributed by atoms with E-state index in [0.717, 1.165) is 11.1 Å². The number of ether oxygens (including phenoxy) is 4. The zero-order chi connectivity index (χ0) is 27.9. The Morgan fingerprint density at radius 3 is 1.42 bits per heavy atom. The molecule has 0 radical (unpaired) electrons. The van der Waals surface area contributed by atoms with Crippen molar-refractivity contribution in [2.24, 2.45) is 23.7 Å². The highest BCUT2D eigenvalue weighted by Gasteiger charge is 2.33. The Hall–Kier alpha value is -4.20. The molecule has 0 saturated carbocycles. The Labute approximate surface area is 223 Å². The van der Waals surface area contributed by atoms with Gasteiger partial charge in [0, 0.05) is 0 Å². The first-order valence-electron chi connectivity index (χ1n) is 12.2. The van der Waals surface area contributed by atoms with E-state index in [9.17, 15) is 19.2 Å². The van der Waals surface area contributed by atoms with E-state index < -0.39 is 47.5 Å². The molecule has 2 aromatic rings. The van der Waals surface area contributed by atoms with Gasteiger partial charge in [-0.2, -0.15) is 0 Å². The summed E-state index contributed by atoms with van der Waals surface area (Å²) in [4.78, 5) is 50.3. The van der Waals surface area contributed by atoms with E-state index in [1.807, 2.05) is 48.5 Å². The van der Waals surface area contributed by atoms with E-state index in [-0.39, 0.29) is 13.2 Å². The minimum Gasteiger partial charge on any atom is -0.469 e. The van der Waals surface area contributed by atoms with Gasteiger partial charge in [-0.25, -0.2) is 0 Å². The molecule has 2 rings (SSSR count). The fraction of sp³-hybridized carbons (Fsp3) is 0.333. The van der Waals surface area contributed by atoms with Gasteiger partial charge in [-0.05, 0) is 25.0 Å². The highest BCUT2D eigenvalue weighted by molar-refractivity contribution is 5.85. The normalized spacial score (nSPS) is 14.3. The average Bonchev–Trinajstić information content (AvgIpc) is 2.96. The Kier molecular flexibility index (Phi) is 12.5. The zero-order valence-corrected chi connectivity index (χ0v) is 22.1. The number of methoxy groups -OCH3 is 2. The third kappa shape index (κ3) is 9.69. The van der Waals surface area contributed by atoms with Gasteiger partial charge in [0.05, 0.1) is 37.9 Å². The van der Waals surface area contributed by atoms with Gasteiger partial charge in [0.25, 0.3) is 0 Å². The number of hydrogen-bond acceptors (Lipinski definition) is 8. The predicted molar refractivity (Wildman–Crippen MR) is 140 cm³/mol. The van der Waals surface area contributed by atoms with Crippen LogP contribution in [0.25, 0.3) is 0 Å². The highest BCUT2D eigenvalue weighted by atomic mass is 16.5. The van der Waals surface area contributed by atoms with Crippen molar-refractivity contribution in [1.29, 1.82) is 0 Å². The molecule has 8 heteroatoms. The molecule has 4 unspecified atom stereocenters. The molecule has 202 valence electrons. The molecule has 0 fully saturated rings. The number of carbonyl (C=O) groups is 4. The van der Waals surface area contributed by atoms with Crippen LogP contribution in [0.15, 0.2) is 85.0 Å². The molecule has 0 spiro atoms. The number of carbonyl (C=O) groups excluding carboxylic acids is 4. The summed E-state index contributed by atoms with van der Waals surface area (Å²) < 4.78 is 20.5. The molecular weight excluding hydrogens is 488 g/mol. The summed E-state index contributed by atoms with van der Waals surface area (Å²) in [6, 6.07) is 18.3. The van der Waals surface area contributed by atoms with Crippen LogP contribution >= 0.6 is 0 Å². The lowest BCUT2D eigenvalue weighted by Crippen LogP contribution is -2.30. The molecule has 0 heterocycles. The summed E-state index contributed by atoms with van der Waals surface area (Å²) >= 11 is 0. The van der Waals surface area contributed by atoms with Crippen LogP contribution in [0.2, 0.25) is 0 Å². The molecule has 0 amide bonds. The van der Waals surface area contributed by atoms with Crippen molar-refractivity contribution >= 4 is 23.9 Å². The largest absolute Gasteiger partial charge is 0.469 e. The Bertz CT molecular complexity index is 1110. The van der Waals surface area contributed by atoms with Crippen molar-refractivity contribution in [2.45, 2.75) is 27.1 Å². The molecule has 8 nitrogen and oxygen atoms in total. The van der Waals surface area contributed by atoms with Gasteiger partial charge < -0.3 is 18.9 Å². The van der Waals surface area contributed by atoms with E-state index in [4.69, 9.17) is 18.9 Å². The fourth-order valence-electron chi connectivity index (χ4n) is 3.43. The van der Waals surface area contributed by atoms with Crippen LogP contribution < -0.4 is 0 Å². The van der Waals surface area contributed by atoms with Crippen LogP contribution in [0, 0.1) is 23.7 Å². The molecule has 0 aromatic heterocycles. The van der Waals surface area contributed by atoms with Crippen molar-refractivity contribution in [3.8, 4) is 0 Å². The minimum atomic E-state index is -1.13. The SMILES string of the molecule is COC(=O)C(C)/C=C/C(C(=O)OC)C(/C=C/C(C)C(=O)OCc1ccccc1)C(=O)OCc1ccccc1. The van der Waals surface area contributed by atoms with Gasteiger partial charge >= 0.3 is 23.9 Å². The molecule has 0 N–H and O–H groups in total. The van der Waals surface area contributed by atoms with Crippen LogP contribution in [-0.4, -0.2) is 38.1 Å². The van der Waals surface area contributed by atoms with Crippen LogP contribution in [-0.2, 0) is 51.3 Å². The van der Waals surface area contributed by atoms with Gasteiger partial charge in [0.15, 0.2) is 0 Å². The molecule has 0 aliphatic carbocycles.